The molecule has 76 valence electrons. The first kappa shape index (κ1) is 11.8. The Morgan fingerprint density at radius 3 is 2.64 bits per heavy atom. The van der Waals surface area contributed by atoms with E-state index in [4.69, 9.17) is 40.5 Å². The van der Waals surface area contributed by atoms with Crippen molar-refractivity contribution in [3.8, 4) is 0 Å². The van der Waals surface area contributed by atoms with Crippen molar-refractivity contribution in [1.82, 2.24) is 4.98 Å². The van der Waals surface area contributed by atoms with Crippen LogP contribution >= 0.6 is 47.0 Å². The van der Waals surface area contributed by atoms with Crippen LogP contribution in [0.25, 0.3) is 0 Å². The maximum Gasteiger partial charge on any atom is 0.216 e. The molecule has 1 aromatic heterocycles. The van der Waals surface area contributed by atoms with Gasteiger partial charge in [-0.1, -0.05) is 34.8 Å². The van der Waals surface area contributed by atoms with Crippen LogP contribution in [0.15, 0.2) is 18.3 Å². The molecule has 3 N–H and O–H groups in total. The molecule has 3 nitrogen and oxygen atoms in total. The highest BCUT2D eigenvalue weighted by molar-refractivity contribution is 7.80. The summed E-state index contributed by atoms with van der Waals surface area (Å²) in [6.07, 6.45) is 1.50. The zero-order chi connectivity index (χ0) is 10.8. The minimum Gasteiger partial charge on any atom is -0.376 e. The molecule has 0 fully saturated rings. The molecule has 0 aromatic carbocycles. The van der Waals surface area contributed by atoms with Crippen molar-refractivity contribution in [1.29, 1.82) is 0 Å². The smallest absolute Gasteiger partial charge is 0.216 e. The predicted octanol–water partition coefficient (Wildman–Crippen LogP) is 2.56. The largest absolute Gasteiger partial charge is 0.376 e. The van der Waals surface area contributed by atoms with Crippen molar-refractivity contribution in [3.63, 3.8) is 0 Å². The molecule has 0 bridgehead atoms. The molecule has 0 spiro atoms. The van der Waals surface area contributed by atoms with Crippen LogP contribution < -0.4 is 11.1 Å². The number of hydrogen-bond donors (Lipinski definition) is 2. The van der Waals surface area contributed by atoms with E-state index in [9.17, 15) is 0 Å². The van der Waals surface area contributed by atoms with E-state index in [1.165, 1.54) is 6.20 Å². The van der Waals surface area contributed by atoms with Crippen molar-refractivity contribution in [2.45, 2.75) is 3.79 Å². The third kappa shape index (κ3) is 3.46. The molecule has 0 unspecified atom stereocenters. The van der Waals surface area contributed by atoms with Crippen molar-refractivity contribution >= 4 is 58.0 Å². The Morgan fingerprint density at radius 2 is 2.14 bits per heavy atom. The van der Waals surface area contributed by atoms with E-state index in [2.05, 4.69) is 22.5 Å². The Balaban J connectivity index is 2.95. The van der Waals surface area contributed by atoms with Gasteiger partial charge in [0.25, 0.3) is 0 Å². The lowest BCUT2D eigenvalue weighted by molar-refractivity contribution is 1.19. The second-order valence-electron chi connectivity index (χ2n) is 2.42. The van der Waals surface area contributed by atoms with Gasteiger partial charge in [-0.2, -0.15) is 0 Å². The maximum atomic E-state index is 5.68. The summed E-state index contributed by atoms with van der Waals surface area (Å²) in [6.45, 7) is 0. The topological polar surface area (TPSA) is 50.9 Å². The van der Waals surface area contributed by atoms with E-state index in [1.54, 1.807) is 12.1 Å². The predicted molar refractivity (Wildman–Crippen MR) is 63.9 cm³/mol. The van der Waals surface area contributed by atoms with Crippen LogP contribution in [0, 0.1) is 0 Å². The number of halogens is 3. The lowest BCUT2D eigenvalue weighted by atomic mass is 10.3. The van der Waals surface area contributed by atoms with E-state index in [0.717, 1.165) is 0 Å². The number of nitrogens with one attached hydrogen (secondary N) is 1. The molecule has 0 radical (unpaired) electrons. The number of aromatic nitrogens is 1. The summed E-state index contributed by atoms with van der Waals surface area (Å²) < 4.78 is -1.48. The summed E-state index contributed by atoms with van der Waals surface area (Å²) in [5.41, 5.74) is 5.76. The lowest BCUT2D eigenvalue weighted by Gasteiger charge is -2.12. The van der Waals surface area contributed by atoms with Crippen LogP contribution in [0.5, 0.6) is 0 Å². The van der Waals surface area contributed by atoms with E-state index >= 15 is 0 Å². The quantitative estimate of drug-likeness (QED) is 0.608. The molecule has 1 heterocycles. The molecule has 0 aliphatic carbocycles. The summed E-state index contributed by atoms with van der Waals surface area (Å²) in [6, 6.07) is 3.16. The number of rotatable bonds is 1. The van der Waals surface area contributed by atoms with Gasteiger partial charge in [-0.25, -0.2) is 4.98 Å². The monoisotopic (exact) mass is 269 g/mol. The van der Waals surface area contributed by atoms with Crippen LogP contribution in [0.1, 0.15) is 5.56 Å². The number of alkyl halides is 3. The average molecular weight is 271 g/mol. The Kier molecular flexibility index (Phi) is 3.78. The fourth-order valence-electron chi connectivity index (χ4n) is 0.801. The number of thiocarbonyl (C=S) groups is 1. The molecular weight excluding hydrogens is 265 g/mol. The van der Waals surface area contributed by atoms with Gasteiger partial charge in [-0.15, -0.1) is 0 Å². The molecule has 7 heteroatoms. The zero-order valence-electron chi connectivity index (χ0n) is 6.80. The summed E-state index contributed by atoms with van der Waals surface area (Å²) in [5, 5.41) is 2.75. The Bertz CT molecular complexity index is 350. The van der Waals surface area contributed by atoms with Crippen LogP contribution in [0.3, 0.4) is 0 Å². The van der Waals surface area contributed by atoms with Gasteiger partial charge in [0.15, 0.2) is 5.11 Å². The van der Waals surface area contributed by atoms with Gasteiger partial charge in [-0.05, 0) is 24.4 Å². The third-order valence-electron chi connectivity index (χ3n) is 1.34. The molecule has 1 aromatic rings. The third-order valence-corrected chi connectivity index (χ3v) is 2.10. The number of anilines is 1. The number of pyridine rings is 1. The first-order valence-electron chi connectivity index (χ1n) is 3.49. The molecule has 0 amide bonds. The number of nitrogens with two attached hydrogens (primary N) is 1. The summed E-state index contributed by atoms with van der Waals surface area (Å²) in [5.74, 6) is 0.446. The van der Waals surface area contributed by atoms with E-state index in [0.29, 0.717) is 11.4 Å². The van der Waals surface area contributed by atoms with Crippen LogP contribution in [-0.4, -0.2) is 10.1 Å². The highest BCUT2D eigenvalue weighted by atomic mass is 35.6. The zero-order valence-corrected chi connectivity index (χ0v) is 9.88. The molecule has 0 atom stereocenters. The molecule has 14 heavy (non-hydrogen) atoms. The summed E-state index contributed by atoms with van der Waals surface area (Å²) in [7, 11) is 0. The normalized spacial score (nSPS) is 11.1. The molecule has 0 aliphatic heterocycles. The van der Waals surface area contributed by atoms with Crippen molar-refractivity contribution in [3.05, 3.63) is 23.9 Å². The Morgan fingerprint density at radius 1 is 1.50 bits per heavy atom. The molecule has 0 saturated carbocycles. The van der Waals surface area contributed by atoms with Gasteiger partial charge in [0.1, 0.15) is 5.82 Å². The Hall–Kier alpha value is -0.290. The molecule has 0 saturated heterocycles. The van der Waals surface area contributed by atoms with Gasteiger partial charge >= 0.3 is 0 Å². The van der Waals surface area contributed by atoms with E-state index in [1.807, 2.05) is 0 Å². The van der Waals surface area contributed by atoms with E-state index in [-0.39, 0.29) is 5.11 Å². The van der Waals surface area contributed by atoms with Crippen molar-refractivity contribution in [2.75, 3.05) is 5.32 Å². The van der Waals surface area contributed by atoms with Crippen LogP contribution in [0.4, 0.5) is 5.82 Å². The fourth-order valence-corrected chi connectivity index (χ4v) is 1.26. The first-order valence-corrected chi connectivity index (χ1v) is 5.03. The SMILES string of the molecule is NC(=S)Nc1cc(C(Cl)(Cl)Cl)ccn1. The lowest BCUT2D eigenvalue weighted by Crippen LogP contribution is -2.20. The molecular formula is C7H6Cl3N3S. The minimum atomic E-state index is -1.48. The summed E-state index contributed by atoms with van der Waals surface area (Å²) >= 11 is 21.7. The number of hydrogen-bond acceptors (Lipinski definition) is 2. The van der Waals surface area contributed by atoms with Gasteiger partial charge in [0.05, 0.1) is 0 Å². The first-order chi connectivity index (χ1) is 6.39. The summed E-state index contributed by atoms with van der Waals surface area (Å²) in [4.78, 5) is 3.94. The van der Waals surface area contributed by atoms with Gasteiger partial charge < -0.3 is 11.1 Å². The van der Waals surface area contributed by atoms with Crippen molar-refractivity contribution < 1.29 is 0 Å². The van der Waals surface area contributed by atoms with Crippen LogP contribution in [-0.2, 0) is 3.79 Å². The molecule has 1 rings (SSSR count). The second-order valence-corrected chi connectivity index (χ2v) is 5.14. The highest BCUT2D eigenvalue weighted by Crippen LogP contribution is 2.38. The molecule has 0 aliphatic rings. The van der Waals surface area contributed by atoms with Crippen LogP contribution in [0.2, 0.25) is 0 Å². The van der Waals surface area contributed by atoms with Gasteiger partial charge in [-0.3, -0.25) is 0 Å². The van der Waals surface area contributed by atoms with E-state index < -0.39 is 3.79 Å². The second kappa shape index (κ2) is 4.49. The van der Waals surface area contributed by atoms with Crippen molar-refractivity contribution in [2.24, 2.45) is 5.73 Å². The minimum absolute atomic E-state index is 0.110. The fraction of sp³-hybridized carbons (Fsp3) is 0.143. The Labute approximate surface area is 102 Å². The van der Waals surface area contributed by atoms with Gasteiger partial charge in [0.2, 0.25) is 3.79 Å². The van der Waals surface area contributed by atoms with Gasteiger partial charge in [0, 0.05) is 11.8 Å². The number of nitrogens with zero attached hydrogens (tertiary/aromatic N) is 1. The standard InChI is InChI=1S/C7H6Cl3N3S/c8-7(9,10)4-1-2-12-5(3-4)13-6(11)14/h1-3H,(H3,11,12,13,14). The average Bonchev–Trinajstić information content (AvgIpc) is 2.01. The highest BCUT2D eigenvalue weighted by Gasteiger charge is 2.22. The maximum absolute atomic E-state index is 5.68.